The molecule has 0 N–H and O–H groups in total. The molecule has 1 fully saturated rings. The quantitative estimate of drug-likeness (QED) is 0.423. The zero-order valence-corrected chi connectivity index (χ0v) is 17.3. The molecule has 0 amide bonds. The van der Waals surface area contributed by atoms with E-state index in [9.17, 15) is 0 Å². The average molecular weight is 379 g/mol. The standard InChI is InChI=1S/C26H24BO2/c1-25(2)26(3,4)29-27(28-25)22-15-14-19-16-21(13-12-20(19)17-22)24-11-7-9-18-8-5-6-10-23(18)24/h6-17H,1-4H3/q+1. The van der Waals surface area contributed by atoms with Gasteiger partial charge in [0.15, 0.2) is 0 Å². The van der Waals surface area contributed by atoms with Crippen LogP contribution in [0.25, 0.3) is 34.1 Å². The Hall–Kier alpha value is -2.71. The zero-order valence-electron chi connectivity index (χ0n) is 17.3. The van der Waals surface area contributed by atoms with Gasteiger partial charge in [0.1, 0.15) is 17.7 Å². The van der Waals surface area contributed by atoms with Crippen molar-refractivity contribution < 1.29 is 9.31 Å². The highest BCUT2D eigenvalue weighted by molar-refractivity contribution is 6.62. The van der Waals surface area contributed by atoms with Crippen molar-refractivity contribution >= 4 is 35.5 Å². The summed E-state index contributed by atoms with van der Waals surface area (Å²) in [5, 5.41) is 2.40. The van der Waals surface area contributed by atoms with Crippen molar-refractivity contribution in [3.05, 3.63) is 77.9 Å². The van der Waals surface area contributed by atoms with E-state index in [1.807, 2.05) is 12.2 Å². The highest BCUT2D eigenvalue weighted by Crippen LogP contribution is 2.37. The van der Waals surface area contributed by atoms with Crippen LogP contribution in [0.4, 0.5) is 0 Å². The molecule has 0 saturated carbocycles. The van der Waals surface area contributed by atoms with Gasteiger partial charge in [-0.15, -0.1) is 0 Å². The molecule has 3 aromatic rings. The van der Waals surface area contributed by atoms with Crippen LogP contribution in [0.2, 0.25) is 0 Å². The predicted octanol–water partition coefficient (Wildman–Crippen LogP) is 5.65. The topological polar surface area (TPSA) is 18.5 Å². The number of rotatable bonds is 2. The van der Waals surface area contributed by atoms with Gasteiger partial charge in [0, 0.05) is 17.7 Å². The first-order chi connectivity index (χ1) is 13.8. The minimum atomic E-state index is -0.335. The van der Waals surface area contributed by atoms with E-state index >= 15 is 0 Å². The molecular weight excluding hydrogens is 355 g/mol. The number of hydrogen-bond acceptors (Lipinski definition) is 2. The summed E-state index contributed by atoms with van der Waals surface area (Å²) in [5.74, 6) is 0. The molecule has 2 nitrogen and oxygen atoms in total. The Morgan fingerprint density at radius 3 is 2.34 bits per heavy atom. The molecule has 0 unspecified atom stereocenters. The maximum Gasteiger partial charge on any atom is 0.494 e. The molecule has 0 radical (unpaired) electrons. The van der Waals surface area contributed by atoms with Gasteiger partial charge in [0.2, 0.25) is 0 Å². The van der Waals surface area contributed by atoms with E-state index in [2.05, 4.69) is 94.4 Å². The molecule has 1 aliphatic carbocycles. The fraction of sp³-hybridized carbons (Fsp3) is 0.231. The largest absolute Gasteiger partial charge is 0.494 e. The normalized spacial score (nSPS) is 18.7. The first-order valence-corrected chi connectivity index (χ1v) is 10.1. The molecule has 0 aromatic heterocycles. The van der Waals surface area contributed by atoms with Gasteiger partial charge in [0.25, 0.3) is 0 Å². The fourth-order valence-electron chi connectivity index (χ4n) is 3.97. The predicted molar refractivity (Wildman–Crippen MR) is 122 cm³/mol. The van der Waals surface area contributed by atoms with Crippen LogP contribution in [0.1, 0.15) is 38.8 Å². The van der Waals surface area contributed by atoms with E-state index in [0.717, 1.165) is 5.46 Å². The Balaban J connectivity index is 1.52. The Morgan fingerprint density at radius 2 is 1.55 bits per heavy atom. The highest BCUT2D eigenvalue weighted by atomic mass is 16.7. The van der Waals surface area contributed by atoms with E-state index in [1.165, 1.54) is 33.0 Å². The van der Waals surface area contributed by atoms with Crippen molar-refractivity contribution in [2.75, 3.05) is 0 Å². The Bertz CT molecular complexity index is 1150. The summed E-state index contributed by atoms with van der Waals surface area (Å²) in [6.45, 7) is 8.34. The molecule has 1 aliphatic heterocycles. The third-order valence-electron chi connectivity index (χ3n) is 6.43. The van der Waals surface area contributed by atoms with Crippen molar-refractivity contribution in [3.8, 4) is 11.1 Å². The van der Waals surface area contributed by atoms with Crippen molar-refractivity contribution in [2.24, 2.45) is 0 Å². The van der Waals surface area contributed by atoms with Crippen molar-refractivity contribution in [1.82, 2.24) is 0 Å². The van der Waals surface area contributed by atoms with E-state index in [4.69, 9.17) is 9.31 Å². The summed E-state index contributed by atoms with van der Waals surface area (Å²) in [6, 6.07) is 19.5. The van der Waals surface area contributed by atoms with Crippen LogP contribution >= 0.6 is 0 Å². The van der Waals surface area contributed by atoms with E-state index in [-0.39, 0.29) is 18.3 Å². The van der Waals surface area contributed by atoms with Crippen LogP contribution in [0, 0.1) is 6.08 Å². The Kier molecular flexibility index (Phi) is 4.05. The molecule has 3 aromatic carbocycles. The van der Waals surface area contributed by atoms with E-state index in [1.54, 1.807) is 0 Å². The number of benzene rings is 3. The lowest BCUT2D eigenvalue weighted by Gasteiger charge is -2.32. The first kappa shape index (κ1) is 18.3. The van der Waals surface area contributed by atoms with Gasteiger partial charge in [0.05, 0.1) is 22.8 Å². The second kappa shape index (κ2) is 6.40. The SMILES string of the molecule is CC1(C)OB(c2ccc3cc(-c4cccc5c4C=C[C+]=C5)ccc3c2)OC1(C)C. The van der Waals surface area contributed by atoms with Gasteiger partial charge in [-0.1, -0.05) is 36.4 Å². The van der Waals surface area contributed by atoms with E-state index in [0.29, 0.717) is 0 Å². The lowest BCUT2D eigenvalue weighted by molar-refractivity contribution is 0.00578. The van der Waals surface area contributed by atoms with Gasteiger partial charge in [-0.25, -0.2) is 0 Å². The van der Waals surface area contributed by atoms with Gasteiger partial charge in [-0.3, -0.25) is 0 Å². The third-order valence-corrected chi connectivity index (χ3v) is 6.43. The molecule has 1 heterocycles. The summed E-state index contributed by atoms with van der Waals surface area (Å²) in [5.41, 5.74) is 5.32. The number of hydrogen-bond donors (Lipinski definition) is 0. The summed E-state index contributed by atoms with van der Waals surface area (Å²) in [4.78, 5) is 0. The van der Waals surface area contributed by atoms with E-state index < -0.39 is 0 Å². The molecule has 3 heteroatoms. The van der Waals surface area contributed by atoms with Gasteiger partial charge in [-0.05, 0) is 61.6 Å². The van der Waals surface area contributed by atoms with Gasteiger partial charge >= 0.3 is 7.12 Å². The maximum atomic E-state index is 6.22. The van der Waals surface area contributed by atoms with Gasteiger partial charge < -0.3 is 9.31 Å². The fourth-order valence-corrected chi connectivity index (χ4v) is 3.97. The van der Waals surface area contributed by atoms with Crippen LogP contribution in [-0.4, -0.2) is 18.3 Å². The Labute approximate surface area is 173 Å². The maximum absolute atomic E-state index is 6.22. The average Bonchev–Trinajstić information content (AvgIpc) is 2.94. The van der Waals surface area contributed by atoms with Crippen LogP contribution in [0.15, 0.2) is 60.7 Å². The molecule has 0 bridgehead atoms. The molecular formula is C26H24BO2+. The van der Waals surface area contributed by atoms with Crippen LogP contribution in [-0.2, 0) is 9.31 Å². The molecule has 0 spiro atoms. The zero-order chi connectivity index (χ0) is 20.2. The first-order valence-electron chi connectivity index (χ1n) is 10.1. The summed E-state index contributed by atoms with van der Waals surface area (Å²) in [6.07, 6.45) is 9.31. The van der Waals surface area contributed by atoms with Crippen molar-refractivity contribution in [1.29, 1.82) is 0 Å². The summed E-state index contributed by atoms with van der Waals surface area (Å²) >= 11 is 0. The Morgan fingerprint density at radius 1 is 0.828 bits per heavy atom. The molecule has 5 rings (SSSR count). The lowest BCUT2D eigenvalue weighted by Crippen LogP contribution is -2.41. The summed E-state index contributed by atoms with van der Waals surface area (Å²) in [7, 11) is -0.335. The van der Waals surface area contributed by atoms with Crippen LogP contribution < -0.4 is 5.46 Å². The number of allylic oxidation sites excluding steroid dienone is 2. The minimum Gasteiger partial charge on any atom is -0.399 e. The van der Waals surface area contributed by atoms with Crippen LogP contribution in [0.5, 0.6) is 0 Å². The van der Waals surface area contributed by atoms with Crippen molar-refractivity contribution in [3.63, 3.8) is 0 Å². The molecule has 0 atom stereocenters. The molecule has 29 heavy (non-hydrogen) atoms. The second-order valence-corrected chi connectivity index (χ2v) is 8.86. The molecule has 2 aliphatic rings. The number of fused-ring (bicyclic) bond motifs is 2. The molecule has 142 valence electrons. The molecule has 1 saturated heterocycles. The summed E-state index contributed by atoms with van der Waals surface area (Å²) < 4.78 is 12.4. The minimum absolute atomic E-state index is 0.331. The van der Waals surface area contributed by atoms with Crippen molar-refractivity contribution in [2.45, 2.75) is 38.9 Å². The van der Waals surface area contributed by atoms with Crippen LogP contribution in [0.3, 0.4) is 0 Å². The highest BCUT2D eigenvalue weighted by Gasteiger charge is 2.51. The second-order valence-electron chi connectivity index (χ2n) is 8.86. The monoisotopic (exact) mass is 379 g/mol. The third kappa shape index (κ3) is 3.03. The smallest absolute Gasteiger partial charge is 0.399 e. The lowest BCUT2D eigenvalue weighted by atomic mass is 9.78. The van der Waals surface area contributed by atoms with Gasteiger partial charge in [-0.2, -0.15) is 0 Å².